The Bertz CT molecular complexity index is 1150. The number of nitrogens with one attached hydrogen (secondary N) is 1. The Hall–Kier alpha value is -3.37. The molecule has 0 radical (unpaired) electrons. The van der Waals surface area contributed by atoms with E-state index in [9.17, 15) is 14.4 Å². The van der Waals surface area contributed by atoms with E-state index < -0.39 is 0 Å². The fraction of sp³-hybridized carbons (Fsp3) is 0.304. The van der Waals surface area contributed by atoms with Crippen LogP contribution >= 0.6 is 0 Å². The van der Waals surface area contributed by atoms with Gasteiger partial charge in [0.15, 0.2) is 0 Å². The molecule has 1 unspecified atom stereocenters. The molecule has 1 amide bonds. The maximum absolute atomic E-state index is 13.8. The summed E-state index contributed by atoms with van der Waals surface area (Å²) in [5, 5.41) is 12.6. The van der Waals surface area contributed by atoms with Crippen LogP contribution in [0.4, 0.5) is 10.2 Å². The lowest BCUT2D eigenvalue weighted by atomic mass is 10.1. The predicted octanol–water partition coefficient (Wildman–Crippen LogP) is 3.92. The summed E-state index contributed by atoms with van der Waals surface area (Å²) >= 11 is 0. The maximum atomic E-state index is 13.8. The van der Waals surface area contributed by atoms with E-state index >= 15 is 0 Å². The number of carbonyl (C=O) groups is 1. The molecule has 0 saturated heterocycles. The van der Waals surface area contributed by atoms with Crippen molar-refractivity contribution in [1.82, 2.24) is 14.0 Å². The van der Waals surface area contributed by atoms with E-state index in [2.05, 4.69) is 40.0 Å². The number of nitrogens with zero attached hydrogens (tertiary/aromatic N) is 4. The molecule has 0 fully saturated rings. The van der Waals surface area contributed by atoms with Crippen LogP contribution in [-0.4, -0.2) is 33.0 Å². The molecule has 1 aliphatic rings. The van der Waals surface area contributed by atoms with Gasteiger partial charge in [-0.25, -0.2) is 4.39 Å². The zero-order valence-corrected chi connectivity index (χ0v) is 17.3. The molecule has 0 saturated carbocycles. The SMILES string of the molecule is Cc1c(C#N)c(NC(=O)CN2CCn3cccc3C2C)n(-c2cccc(F)c2)c1C. The molecule has 0 aliphatic carbocycles. The lowest BCUT2D eigenvalue weighted by Gasteiger charge is -2.34. The van der Waals surface area contributed by atoms with Crippen molar-refractivity contribution >= 4 is 11.7 Å². The van der Waals surface area contributed by atoms with Crippen molar-refractivity contribution in [3.63, 3.8) is 0 Å². The van der Waals surface area contributed by atoms with Gasteiger partial charge in [0.2, 0.25) is 5.91 Å². The molecule has 30 heavy (non-hydrogen) atoms. The number of benzene rings is 1. The summed E-state index contributed by atoms with van der Waals surface area (Å²) in [5.74, 6) is -0.191. The molecule has 6 nitrogen and oxygen atoms in total. The van der Waals surface area contributed by atoms with Crippen LogP contribution in [0.15, 0.2) is 42.6 Å². The van der Waals surface area contributed by atoms with Crippen molar-refractivity contribution in [1.29, 1.82) is 5.26 Å². The van der Waals surface area contributed by atoms with Crippen molar-refractivity contribution in [3.05, 3.63) is 70.9 Å². The first-order valence-corrected chi connectivity index (χ1v) is 9.97. The van der Waals surface area contributed by atoms with Gasteiger partial charge in [0.05, 0.1) is 17.8 Å². The van der Waals surface area contributed by atoms with E-state index in [1.807, 2.05) is 19.9 Å². The van der Waals surface area contributed by atoms with E-state index in [0.717, 1.165) is 24.3 Å². The number of nitriles is 1. The molecule has 0 spiro atoms. The summed E-state index contributed by atoms with van der Waals surface area (Å²) in [6.07, 6.45) is 2.06. The number of aromatic nitrogens is 2. The zero-order chi connectivity index (χ0) is 21.4. The van der Waals surface area contributed by atoms with E-state index in [1.165, 1.54) is 17.8 Å². The van der Waals surface area contributed by atoms with Crippen molar-refractivity contribution < 1.29 is 9.18 Å². The van der Waals surface area contributed by atoms with Gasteiger partial charge >= 0.3 is 0 Å². The largest absolute Gasteiger partial charge is 0.349 e. The molecule has 0 bridgehead atoms. The third kappa shape index (κ3) is 3.40. The number of rotatable bonds is 4. The molecule has 154 valence electrons. The number of fused-ring (bicyclic) bond motifs is 1. The Labute approximate surface area is 175 Å². The van der Waals surface area contributed by atoms with Crippen LogP contribution < -0.4 is 5.32 Å². The molecular weight excluding hydrogens is 381 g/mol. The van der Waals surface area contributed by atoms with E-state index in [4.69, 9.17) is 0 Å². The fourth-order valence-electron chi connectivity index (χ4n) is 4.20. The van der Waals surface area contributed by atoms with Gasteiger partial charge in [-0.05, 0) is 56.7 Å². The molecule has 1 aliphatic heterocycles. The van der Waals surface area contributed by atoms with Crippen molar-refractivity contribution in [2.75, 3.05) is 18.4 Å². The molecule has 4 rings (SSSR count). The third-order valence-corrected chi connectivity index (χ3v) is 5.96. The molecule has 7 heteroatoms. The highest BCUT2D eigenvalue weighted by Crippen LogP contribution is 2.31. The summed E-state index contributed by atoms with van der Waals surface area (Å²) in [7, 11) is 0. The topological polar surface area (TPSA) is 66.0 Å². The number of anilines is 1. The molecule has 2 aromatic heterocycles. The number of amides is 1. The van der Waals surface area contributed by atoms with Crippen LogP contribution in [0, 0.1) is 31.0 Å². The first-order chi connectivity index (χ1) is 14.4. The van der Waals surface area contributed by atoms with Crippen LogP contribution in [0.5, 0.6) is 0 Å². The monoisotopic (exact) mass is 405 g/mol. The molecule has 1 N–H and O–H groups in total. The minimum atomic E-state index is -0.376. The second-order valence-electron chi connectivity index (χ2n) is 7.68. The van der Waals surface area contributed by atoms with Gasteiger partial charge < -0.3 is 9.88 Å². The number of halogens is 1. The van der Waals surface area contributed by atoms with Crippen molar-refractivity contribution in [2.24, 2.45) is 0 Å². The highest BCUT2D eigenvalue weighted by atomic mass is 19.1. The van der Waals surface area contributed by atoms with Gasteiger partial charge in [-0.1, -0.05) is 6.07 Å². The lowest BCUT2D eigenvalue weighted by molar-refractivity contribution is -0.118. The van der Waals surface area contributed by atoms with Crippen LogP contribution in [0.2, 0.25) is 0 Å². The van der Waals surface area contributed by atoms with E-state index in [1.54, 1.807) is 16.7 Å². The van der Waals surface area contributed by atoms with Crippen molar-refractivity contribution in [2.45, 2.75) is 33.4 Å². The molecule has 1 atom stereocenters. The van der Waals surface area contributed by atoms with Gasteiger partial charge in [-0.2, -0.15) is 5.26 Å². The molecule has 3 heterocycles. The van der Waals surface area contributed by atoms with Crippen LogP contribution in [0.1, 0.15) is 35.5 Å². The highest BCUT2D eigenvalue weighted by Gasteiger charge is 2.27. The number of carbonyl (C=O) groups excluding carboxylic acids is 1. The fourth-order valence-corrected chi connectivity index (χ4v) is 4.20. The minimum Gasteiger partial charge on any atom is -0.349 e. The van der Waals surface area contributed by atoms with Crippen LogP contribution in [0.3, 0.4) is 0 Å². The van der Waals surface area contributed by atoms with Gasteiger partial charge in [0.25, 0.3) is 0 Å². The van der Waals surface area contributed by atoms with E-state index in [-0.39, 0.29) is 24.3 Å². The zero-order valence-electron chi connectivity index (χ0n) is 17.3. The second-order valence-corrected chi connectivity index (χ2v) is 7.68. The number of hydrogen-bond acceptors (Lipinski definition) is 3. The average molecular weight is 405 g/mol. The molecular formula is C23H24FN5O. The summed E-state index contributed by atoms with van der Waals surface area (Å²) < 4.78 is 17.8. The quantitative estimate of drug-likeness (QED) is 0.715. The Morgan fingerprint density at radius 2 is 2.07 bits per heavy atom. The second kappa shape index (κ2) is 7.81. The standard InChI is InChI=1S/C23H24FN5O/c1-15-16(2)29(19-7-4-6-18(24)12-19)23(20(15)13-25)26-22(30)14-28-11-10-27-9-5-8-21(27)17(28)3/h4-9,12,17H,10-11,14H2,1-3H3,(H,26,30). The Morgan fingerprint density at radius 3 is 2.80 bits per heavy atom. The Morgan fingerprint density at radius 1 is 1.27 bits per heavy atom. The van der Waals surface area contributed by atoms with Gasteiger partial charge in [0.1, 0.15) is 17.7 Å². The minimum absolute atomic E-state index is 0.119. The van der Waals surface area contributed by atoms with Gasteiger partial charge in [-0.3, -0.25) is 14.3 Å². The summed E-state index contributed by atoms with van der Waals surface area (Å²) in [5.41, 5.74) is 3.70. The summed E-state index contributed by atoms with van der Waals surface area (Å²) in [6, 6.07) is 12.5. The highest BCUT2D eigenvalue weighted by molar-refractivity contribution is 5.93. The smallest absolute Gasteiger partial charge is 0.239 e. The summed E-state index contributed by atoms with van der Waals surface area (Å²) in [6.45, 7) is 7.59. The first kappa shape index (κ1) is 19.9. The van der Waals surface area contributed by atoms with Gasteiger partial charge in [0, 0.05) is 36.7 Å². The predicted molar refractivity (Wildman–Crippen MR) is 113 cm³/mol. The average Bonchev–Trinajstić information content (AvgIpc) is 3.28. The molecule has 3 aromatic rings. The number of hydrogen-bond donors (Lipinski definition) is 1. The lowest BCUT2D eigenvalue weighted by Crippen LogP contribution is -2.41. The maximum Gasteiger partial charge on any atom is 0.239 e. The van der Waals surface area contributed by atoms with Crippen LogP contribution in [-0.2, 0) is 11.3 Å². The van der Waals surface area contributed by atoms with Crippen molar-refractivity contribution in [3.8, 4) is 11.8 Å². The summed E-state index contributed by atoms with van der Waals surface area (Å²) in [4.78, 5) is 15.1. The Balaban J connectivity index is 1.62. The Kier molecular flexibility index (Phi) is 5.18. The van der Waals surface area contributed by atoms with Crippen LogP contribution in [0.25, 0.3) is 5.69 Å². The third-order valence-electron chi connectivity index (χ3n) is 5.96. The van der Waals surface area contributed by atoms with E-state index in [0.29, 0.717) is 17.1 Å². The normalized spacial score (nSPS) is 16.2. The molecule has 1 aromatic carbocycles. The first-order valence-electron chi connectivity index (χ1n) is 9.97. The van der Waals surface area contributed by atoms with Gasteiger partial charge in [-0.15, -0.1) is 0 Å².